The highest BCUT2D eigenvalue weighted by atomic mass is 15.3. The fraction of sp³-hybridized carbons (Fsp3) is 0.643. The molecule has 1 N–H and O–H groups in total. The van der Waals surface area contributed by atoms with E-state index in [1.54, 1.807) is 5.57 Å². The molecule has 0 spiro atoms. The monoisotopic (exact) mass is 222 g/mol. The fourth-order valence-electron chi connectivity index (χ4n) is 1.67. The van der Waals surface area contributed by atoms with E-state index in [1.165, 1.54) is 19.3 Å². The van der Waals surface area contributed by atoms with E-state index in [0.29, 0.717) is 0 Å². The van der Waals surface area contributed by atoms with E-state index in [4.69, 9.17) is 0 Å². The van der Waals surface area contributed by atoms with Gasteiger partial charge in [0, 0.05) is 7.05 Å². The molecule has 0 rings (SSSR count). The Bertz CT molecular complexity index is 262. The zero-order valence-corrected chi connectivity index (χ0v) is 11.3. The summed E-state index contributed by atoms with van der Waals surface area (Å²) in [4.78, 5) is 0. The zero-order valence-electron chi connectivity index (χ0n) is 11.3. The maximum absolute atomic E-state index is 4.13. The summed E-state index contributed by atoms with van der Waals surface area (Å²) in [5, 5.41) is 4.13. The standard InChI is InChI=1S/C14H26N2/c1-6-9-14(7-2)11-8-10-12(3)13(4)16-15-5/h9,15H,3,6-8,10-11H2,1-2,4-5H3/b14-9-,16-13-. The molecule has 0 amide bonds. The minimum atomic E-state index is 1.01. The van der Waals surface area contributed by atoms with Crippen molar-refractivity contribution in [2.24, 2.45) is 5.10 Å². The third kappa shape index (κ3) is 6.44. The van der Waals surface area contributed by atoms with Crippen LogP contribution in [0.1, 0.15) is 52.9 Å². The first-order chi connectivity index (χ1) is 7.65. The maximum Gasteiger partial charge on any atom is 0.0597 e. The first-order valence-electron chi connectivity index (χ1n) is 6.22. The Kier molecular flexibility index (Phi) is 8.59. The first kappa shape index (κ1) is 14.9. The van der Waals surface area contributed by atoms with E-state index in [9.17, 15) is 0 Å². The van der Waals surface area contributed by atoms with Gasteiger partial charge in [-0.3, -0.25) is 0 Å². The normalized spacial score (nSPS) is 12.8. The van der Waals surface area contributed by atoms with Gasteiger partial charge in [-0.05, 0) is 44.6 Å². The van der Waals surface area contributed by atoms with E-state index in [-0.39, 0.29) is 0 Å². The van der Waals surface area contributed by atoms with Crippen LogP contribution in [-0.2, 0) is 0 Å². The van der Waals surface area contributed by atoms with E-state index in [0.717, 1.165) is 24.1 Å². The summed E-state index contributed by atoms with van der Waals surface area (Å²) in [6, 6.07) is 0. The highest BCUT2D eigenvalue weighted by molar-refractivity contribution is 5.97. The lowest BCUT2D eigenvalue weighted by Gasteiger charge is -2.07. The highest BCUT2D eigenvalue weighted by Gasteiger charge is 2.00. The lowest BCUT2D eigenvalue weighted by Crippen LogP contribution is -2.04. The lowest BCUT2D eigenvalue weighted by atomic mass is 10.0. The molecule has 0 saturated heterocycles. The van der Waals surface area contributed by atoms with Crippen molar-refractivity contribution in [2.75, 3.05) is 7.05 Å². The summed E-state index contributed by atoms with van der Waals surface area (Å²) in [6.07, 6.45) is 8.06. The van der Waals surface area contributed by atoms with Gasteiger partial charge in [-0.1, -0.05) is 32.1 Å². The first-order valence-corrected chi connectivity index (χ1v) is 6.22. The average Bonchev–Trinajstić information content (AvgIpc) is 2.28. The van der Waals surface area contributed by atoms with Crippen LogP contribution in [0.15, 0.2) is 28.9 Å². The highest BCUT2D eigenvalue weighted by Crippen LogP contribution is 2.15. The molecule has 0 fully saturated rings. The second-order valence-corrected chi connectivity index (χ2v) is 4.00. The third-order valence-corrected chi connectivity index (χ3v) is 2.71. The summed E-state index contributed by atoms with van der Waals surface area (Å²) in [6.45, 7) is 10.5. The van der Waals surface area contributed by atoms with E-state index >= 15 is 0 Å². The molecule has 0 aromatic rings. The predicted octanol–water partition coefficient (Wildman–Crippen LogP) is 4.05. The molecule has 0 heterocycles. The van der Waals surface area contributed by atoms with Crippen molar-refractivity contribution >= 4 is 5.71 Å². The average molecular weight is 222 g/mol. The van der Waals surface area contributed by atoms with Gasteiger partial charge >= 0.3 is 0 Å². The Labute approximate surface area is 101 Å². The van der Waals surface area contributed by atoms with Crippen molar-refractivity contribution in [2.45, 2.75) is 52.9 Å². The molecule has 0 radical (unpaired) electrons. The molecule has 0 aromatic heterocycles. The van der Waals surface area contributed by atoms with Crippen molar-refractivity contribution < 1.29 is 0 Å². The number of rotatable bonds is 8. The smallest absolute Gasteiger partial charge is 0.0597 e. The molecule has 0 bridgehead atoms. The van der Waals surface area contributed by atoms with Gasteiger partial charge in [0.25, 0.3) is 0 Å². The van der Waals surface area contributed by atoms with Crippen molar-refractivity contribution in [3.05, 3.63) is 23.8 Å². The molecule has 0 aromatic carbocycles. The molecule has 2 heteroatoms. The minimum absolute atomic E-state index is 1.01. The van der Waals surface area contributed by atoms with Gasteiger partial charge in [0.15, 0.2) is 0 Å². The quantitative estimate of drug-likeness (QED) is 0.374. The van der Waals surface area contributed by atoms with Crippen molar-refractivity contribution in [3.63, 3.8) is 0 Å². The second kappa shape index (κ2) is 9.20. The van der Waals surface area contributed by atoms with E-state index < -0.39 is 0 Å². The van der Waals surface area contributed by atoms with Gasteiger partial charge < -0.3 is 5.43 Å². The summed E-state index contributed by atoms with van der Waals surface area (Å²) >= 11 is 0. The molecule has 2 nitrogen and oxygen atoms in total. The summed E-state index contributed by atoms with van der Waals surface area (Å²) in [7, 11) is 1.82. The van der Waals surface area contributed by atoms with Crippen molar-refractivity contribution in [3.8, 4) is 0 Å². The van der Waals surface area contributed by atoms with Gasteiger partial charge in [0.1, 0.15) is 0 Å². The van der Waals surface area contributed by atoms with Gasteiger partial charge in [0.2, 0.25) is 0 Å². The Morgan fingerprint density at radius 2 is 2.00 bits per heavy atom. The van der Waals surface area contributed by atoms with Crippen LogP contribution in [0, 0.1) is 0 Å². The number of nitrogens with one attached hydrogen (secondary N) is 1. The van der Waals surface area contributed by atoms with Gasteiger partial charge in [-0.15, -0.1) is 0 Å². The molecule has 0 atom stereocenters. The molecule has 0 unspecified atom stereocenters. The Hall–Kier alpha value is -1.05. The Morgan fingerprint density at radius 3 is 2.50 bits per heavy atom. The number of allylic oxidation sites excluding steroid dienone is 3. The van der Waals surface area contributed by atoms with Gasteiger partial charge in [0.05, 0.1) is 5.71 Å². The molecular formula is C14H26N2. The molecule has 16 heavy (non-hydrogen) atoms. The summed E-state index contributed by atoms with van der Waals surface area (Å²) < 4.78 is 0. The number of nitrogens with zero attached hydrogens (tertiary/aromatic N) is 1. The van der Waals surface area contributed by atoms with Crippen molar-refractivity contribution in [1.29, 1.82) is 0 Å². The van der Waals surface area contributed by atoms with E-state index in [2.05, 4.69) is 37.0 Å². The van der Waals surface area contributed by atoms with Crippen LogP contribution in [0.4, 0.5) is 0 Å². The summed E-state index contributed by atoms with van der Waals surface area (Å²) in [5.41, 5.74) is 6.52. The molecule has 92 valence electrons. The minimum Gasteiger partial charge on any atom is -0.313 e. The van der Waals surface area contributed by atoms with E-state index in [1.807, 2.05) is 14.0 Å². The SMILES string of the molecule is C=C(CCC/C(=C\CC)CC)/C(C)=N\NC. The van der Waals surface area contributed by atoms with Crippen LogP contribution in [0.5, 0.6) is 0 Å². The van der Waals surface area contributed by atoms with Crippen LogP contribution in [0.25, 0.3) is 0 Å². The van der Waals surface area contributed by atoms with Gasteiger partial charge in [-0.2, -0.15) is 5.10 Å². The van der Waals surface area contributed by atoms with Crippen LogP contribution in [-0.4, -0.2) is 12.8 Å². The topological polar surface area (TPSA) is 24.4 Å². The molecular weight excluding hydrogens is 196 g/mol. The largest absolute Gasteiger partial charge is 0.313 e. The summed E-state index contributed by atoms with van der Waals surface area (Å²) in [5.74, 6) is 0. The van der Waals surface area contributed by atoms with Crippen LogP contribution < -0.4 is 5.43 Å². The fourth-order valence-corrected chi connectivity index (χ4v) is 1.67. The molecule has 0 aliphatic rings. The number of hydrogen-bond donors (Lipinski definition) is 1. The molecule has 0 saturated carbocycles. The molecule has 0 aliphatic heterocycles. The molecule has 0 aliphatic carbocycles. The van der Waals surface area contributed by atoms with Gasteiger partial charge in [-0.25, -0.2) is 0 Å². The number of hydrazone groups is 1. The van der Waals surface area contributed by atoms with Crippen LogP contribution in [0.2, 0.25) is 0 Å². The second-order valence-electron chi connectivity index (χ2n) is 4.00. The Balaban J connectivity index is 3.94. The number of hydrogen-bond acceptors (Lipinski definition) is 2. The lowest BCUT2D eigenvalue weighted by molar-refractivity contribution is 0.786. The van der Waals surface area contributed by atoms with Crippen molar-refractivity contribution in [1.82, 2.24) is 5.43 Å². The third-order valence-electron chi connectivity index (χ3n) is 2.71. The van der Waals surface area contributed by atoms with Crippen LogP contribution >= 0.6 is 0 Å². The zero-order chi connectivity index (χ0) is 12.4. The Morgan fingerprint density at radius 1 is 1.31 bits per heavy atom. The van der Waals surface area contributed by atoms with Crippen LogP contribution in [0.3, 0.4) is 0 Å². The predicted molar refractivity (Wildman–Crippen MR) is 73.8 cm³/mol. The maximum atomic E-state index is 4.13.